The Kier molecular flexibility index (Phi) is 5.69. The average Bonchev–Trinajstić information content (AvgIpc) is 3.00. The number of likely N-dealkylation sites (tertiary alicyclic amines) is 1. The van der Waals surface area contributed by atoms with E-state index >= 15 is 0 Å². The molecule has 2 rings (SSSR count). The van der Waals surface area contributed by atoms with Crippen LogP contribution < -0.4 is 5.14 Å². The maximum atomic E-state index is 12.4. The van der Waals surface area contributed by atoms with Gasteiger partial charge >= 0.3 is 6.09 Å². The Hall–Kier alpha value is -1.65. The molecule has 1 aliphatic heterocycles. The summed E-state index contributed by atoms with van der Waals surface area (Å²) in [6.45, 7) is 10.3. The van der Waals surface area contributed by atoms with Gasteiger partial charge in [0.15, 0.2) is 5.03 Å². The van der Waals surface area contributed by atoms with E-state index in [1.165, 1.54) is 16.9 Å². The molecule has 1 fully saturated rings. The summed E-state index contributed by atoms with van der Waals surface area (Å²) in [6.07, 6.45) is 1.51. The quantitative estimate of drug-likeness (QED) is 0.813. The van der Waals surface area contributed by atoms with E-state index in [2.05, 4.69) is 5.10 Å². The van der Waals surface area contributed by atoms with Gasteiger partial charge in [-0.05, 0) is 47.1 Å². The van der Waals surface area contributed by atoms with Gasteiger partial charge in [-0.15, -0.1) is 0 Å². The van der Waals surface area contributed by atoms with Crippen LogP contribution in [0.2, 0.25) is 0 Å². The molecule has 1 aliphatic rings. The first-order chi connectivity index (χ1) is 11.8. The Labute approximate surface area is 154 Å². The number of rotatable bonds is 5. The lowest BCUT2D eigenvalue weighted by Crippen LogP contribution is -2.45. The Morgan fingerprint density at radius 2 is 2.08 bits per heavy atom. The van der Waals surface area contributed by atoms with Crippen LogP contribution in [0.1, 0.15) is 41.0 Å². The van der Waals surface area contributed by atoms with Gasteiger partial charge in [-0.25, -0.2) is 18.4 Å². The van der Waals surface area contributed by atoms with Gasteiger partial charge in [0.2, 0.25) is 0 Å². The van der Waals surface area contributed by atoms with Gasteiger partial charge in [0, 0.05) is 5.54 Å². The minimum absolute atomic E-state index is 0.0526. The Balaban J connectivity index is 1.92. The molecule has 0 aromatic carbocycles. The predicted molar refractivity (Wildman–Crippen MR) is 95.0 cm³/mol. The summed E-state index contributed by atoms with van der Waals surface area (Å²) < 4.78 is 35.5. The number of nitrogens with zero attached hydrogens (tertiary/aromatic N) is 3. The van der Waals surface area contributed by atoms with Crippen molar-refractivity contribution in [1.29, 1.82) is 0 Å². The van der Waals surface area contributed by atoms with Gasteiger partial charge in [-0.2, -0.15) is 5.10 Å². The molecule has 2 heterocycles. The number of sulfonamides is 1. The van der Waals surface area contributed by atoms with Crippen molar-refractivity contribution in [2.75, 3.05) is 13.2 Å². The topological polar surface area (TPSA) is 117 Å². The third-order valence-electron chi connectivity index (χ3n) is 4.08. The summed E-state index contributed by atoms with van der Waals surface area (Å²) in [7, 11) is -3.82. The number of carbonyl (C=O) groups is 1. The molecular weight excluding hydrogens is 360 g/mol. The minimum Gasteiger partial charge on any atom is -0.444 e. The van der Waals surface area contributed by atoms with E-state index in [9.17, 15) is 13.2 Å². The standard InChI is InChI=1S/C16H28N4O5S/c1-15(2,3)25-14(21)19-11-12(10-16(19,4)5)24-9-8-20-13(6-7-18-20)26(17,22)23/h6-7,12H,8-11H2,1-5H3,(H2,17,22,23). The minimum atomic E-state index is -3.82. The molecule has 1 saturated heterocycles. The largest absolute Gasteiger partial charge is 0.444 e. The number of amides is 1. The number of nitrogens with two attached hydrogens (primary N) is 1. The Morgan fingerprint density at radius 1 is 1.42 bits per heavy atom. The van der Waals surface area contributed by atoms with Crippen LogP contribution in [0, 0.1) is 0 Å². The molecule has 1 aromatic rings. The van der Waals surface area contributed by atoms with Gasteiger partial charge in [0.1, 0.15) is 5.60 Å². The summed E-state index contributed by atoms with van der Waals surface area (Å²) in [5.41, 5.74) is -0.944. The van der Waals surface area contributed by atoms with E-state index in [4.69, 9.17) is 14.6 Å². The molecule has 1 atom stereocenters. The number of hydrogen-bond acceptors (Lipinski definition) is 6. The maximum Gasteiger partial charge on any atom is 0.410 e. The Bertz CT molecular complexity index is 751. The van der Waals surface area contributed by atoms with E-state index < -0.39 is 15.6 Å². The molecule has 1 aromatic heterocycles. The lowest BCUT2D eigenvalue weighted by atomic mass is 10.0. The number of ether oxygens (including phenoxy) is 2. The second-order valence-corrected chi connectivity index (χ2v) is 9.55. The molecule has 0 aliphatic carbocycles. The number of aromatic nitrogens is 2. The monoisotopic (exact) mass is 388 g/mol. The van der Waals surface area contributed by atoms with E-state index in [0.29, 0.717) is 13.0 Å². The van der Waals surface area contributed by atoms with Gasteiger partial charge in [0.05, 0.1) is 32.0 Å². The highest BCUT2D eigenvalue weighted by Gasteiger charge is 2.43. The van der Waals surface area contributed by atoms with Crippen molar-refractivity contribution < 1.29 is 22.7 Å². The third-order valence-corrected chi connectivity index (χ3v) is 5.01. The van der Waals surface area contributed by atoms with Crippen LogP contribution in [0.5, 0.6) is 0 Å². The molecule has 1 unspecified atom stereocenters. The van der Waals surface area contributed by atoms with Crippen LogP contribution in [0.25, 0.3) is 0 Å². The smallest absolute Gasteiger partial charge is 0.410 e. The molecule has 2 N–H and O–H groups in total. The number of hydrogen-bond donors (Lipinski definition) is 1. The molecule has 0 spiro atoms. The van der Waals surface area contributed by atoms with E-state index in [1.807, 2.05) is 34.6 Å². The fourth-order valence-corrected chi connectivity index (χ4v) is 3.65. The zero-order valence-corrected chi connectivity index (χ0v) is 16.7. The van der Waals surface area contributed by atoms with Crippen LogP contribution in [-0.4, -0.2) is 59.6 Å². The molecule has 1 amide bonds. The lowest BCUT2D eigenvalue weighted by molar-refractivity contribution is 0.00967. The summed E-state index contributed by atoms with van der Waals surface area (Å²) in [5.74, 6) is 0. The lowest BCUT2D eigenvalue weighted by Gasteiger charge is -2.33. The van der Waals surface area contributed by atoms with Gasteiger partial charge in [-0.3, -0.25) is 4.68 Å². The van der Waals surface area contributed by atoms with Gasteiger partial charge in [-0.1, -0.05) is 0 Å². The summed E-state index contributed by atoms with van der Waals surface area (Å²) >= 11 is 0. The van der Waals surface area contributed by atoms with E-state index in [1.54, 1.807) is 4.90 Å². The molecule has 0 bridgehead atoms. The van der Waals surface area contributed by atoms with Crippen molar-refractivity contribution >= 4 is 16.1 Å². The fraction of sp³-hybridized carbons (Fsp3) is 0.750. The van der Waals surface area contributed by atoms with Crippen molar-refractivity contribution in [3.05, 3.63) is 12.3 Å². The second-order valence-electron chi connectivity index (χ2n) is 8.04. The van der Waals surface area contributed by atoms with E-state index in [0.717, 1.165) is 0 Å². The fourth-order valence-electron chi connectivity index (χ4n) is 2.97. The summed E-state index contributed by atoms with van der Waals surface area (Å²) in [4.78, 5) is 14.1. The van der Waals surface area contributed by atoms with Gasteiger partial charge in [0.25, 0.3) is 10.0 Å². The van der Waals surface area contributed by atoms with Crippen molar-refractivity contribution in [2.24, 2.45) is 5.14 Å². The van der Waals surface area contributed by atoms with Crippen LogP contribution >= 0.6 is 0 Å². The molecule has 9 nitrogen and oxygen atoms in total. The average molecular weight is 388 g/mol. The first kappa shape index (κ1) is 20.7. The van der Waals surface area contributed by atoms with E-state index in [-0.39, 0.29) is 35.9 Å². The predicted octanol–water partition coefficient (Wildman–Crippen LogP) is 1.34. The highest BCUT2D eigenvalue weighted by Crippen LogP contribution is 2.31. The highest BCUT2D eigenvalue weighted by atomic mass is 32.2. The highest BCUT2D eigenvalue weighted by molar-refractivity contribution is 7.89. The van der Waals surface area contributed by atoms with Gasteiger partial charge < -0.3 is 14.4 Å². The maximum absolute atomic E-state index is 12.4. The normalized spacial score (nSPS) is 20.4. The van der Waals surface area contributed by atoms with Crippen LogP contribution in [0.3, 0.4) is 0 Å². The Morgan fingerprint density at radius 3 is 2.65 bits per heavy atom. The zero-order chi connectivity index (χ0) is 19.8. The van der Waals surface area contributed by atoms with Crippen molar-refractivity contribution in [1.82, 2.24) is 14.7 Å². The second kappa shape index (κ2) is 7.16. The summed E-state index contributed by atoms with van der Waals surface area (Å²) in [6, 6.07) is 1.35. The van der Waals surface area contributed by atoms with Crippen molar-refractivity contribution in [2.45, 2.75) is 69.9 Å². The third kappa shape index (κ3) is 5.18. The van der Waals surface area contributed by atoms with Crippen molar-refractivity contribution in [3.63, 3.8) is 0 Å². The zero-order valence-electron chi connectivity index (χ0n) is 15.9. The molecule has 148 valence electrons. The molecular formula is C16H28N4O5S. The first-order valence-corrected chi connectivity index (χ1v) is 10.0. The van der Waals surface area contributed by atoms with Crippen molar-refractivity contribution in [3.8, 4) is 0 Å². The number of primary sulfonamides is 1. The molecule has 0 radical (unpaired) electrons. The molecule has 10 heteroatoms. The van der Waals surface area contributed by atoms with Crippen LogP contribution in [0.4, 0.5) is 4.79 Å². The first-order valence-electron chi connectivity index (χ1n) is 8.46. The molecule has 0 saturated carbocycles. The van der Waals surface area contributed by atoms with Crippen LogP contribution in [0.15, 0.2) is 17.3 Å². The molecule has 26 heavy (non-hydrogen) atoms. The van der Waals surface area contributed by atoms with Crippen LogP contribution in [-0.2, 0) is 26.0 Å². The number of carbonyl (C=O) groups excluding carboxylic acids is 1. The SMILES string of the molecule is CC(C)(C)OC(=O)N1CC(OCCn2nccc2S(N)(=O)=O)CC1(C)C. The summed E-state index contributed by atoms with van der Waals surface area (Å²) in [5, 5.41) is 9.05.